The van der Waals surface area contributed by atoms with Crippen molar-refractivity contribution in [3.63, 3.8) is 0 Å². The van der Waals surface area contributed by atoms with Crippen molar-refractivity contribution in [3.05, 3.63) is 78.4 Å². The fraction of sp³-hybridized carbons (Fsp3) is 0.150. The summed E-state index contributed by atoms with van der Waals surface area (Å²) in [6.07, 6.45) is 0.544. The number of aliphatic imine (C=N–C) groups is 1. The lowest BCUT2D eigenvalue weighted by molar-refractivity contribution is -0.119. The first kappa shape index (κ1) is 17.4. The van der Waals surface area contributed by atoms with Gasteiger partial charge in [0.2, 0.25) is 6.17 Å². The summed E-state index contributed by atoms with van der Waals surface area (Å²) in [5, 5.41) is 5.24. The van der Waals surface area contributed by atoms with E-state index in [-0.39, 0.29) is 5.91 Å². The van der Waals surface area contributed by atoms with Gasteiger partial charge in [-0.25, -0.2) is 9.79 Å². The molecule has 0 radical (unpaired) electrons. The van der Waals surface area contributed by atoms with Crippen molar-refractivity contribution in [3.8, 4) is 0 Å². The number of nitrogens with one attached hydrogen (secondary N) is 2. The molecular formula is C20H20N4O2. The molecule has 6 nitrogen and oxygen atoms in total. The number of fused-ring (bicyclic) bond motifs is 1. The first-order valence-electron chi connectivity index (χ1n) is 8.27. The zero-order valence-electron chi connectivity index (χ0n) is 14.5. The number of benzene rings is 2. The first-order chi connectivity index (χ1) is 12.6. The van der Waals surface area contributed by atoms with Gasteiger partial charge in [0, 0.05) is 24.7 Å². The van der Waals surface area contributed by atoms with E-state index in [1.54, 1.807) is 13.1 Å². The molecule has 3 rings (SSSR count). The van der Waals surface area contributed by atoms with Gasteiger partial charge < -0.3 is 15.5 Å². The predicted molar refractivity (Wildman–Crippen MR) is 102 cm³/mol. The normalized spacial score (nSPS) is 16.2. The molecule has 0 bridgehead atoms. The zero-order valence-corrected chi connectivity index (χ0v) is 14.5. The number of anilines is 1. The molecule has 6 heteroatoms. The number of hydrogen-bond acceptors (Lipinski definition) is 3. The Kier molecular flexibility index (Phi) is 5.12. The van der Waals surface area contributed by atoms with Crippen molar-refractivity contribution in [1.29, 1.82) is 0 Å². The Balaban J connectivity index is 2.05. The lowest BCUT2D eigenvalue weighted by Gasteiger charge is -2.20. The number of para-hydroxylation sites is 1. The molecular weight excluding hydrogens is 328 g/mol. The van der Waals surface area contributed by atoms with E-state index < -0.39 is 12.2 Å². The summed E-state index contributed by atoms with van der Waals surface area (Å²) in [4.78, 5) is 31.0. The van der Waals surface area contributed by atoms with Crippen LogP contribution in [0, 0.1) is 0 Å². The average molecular weight is 348 g/mol. The molecule has 0 aliphatic carbocycles. The van der Waals surface area contributed by atoms with Crippen molar-refractivity contribution < 1.29 is 9.59 Å². The number of carbonyl (C=O) groups excluding carboxylic acids is 2. The van der Waals surface area contributed by atoms with Gasteiger partial charge in [-0.1, -0.05) is 54.6 Å². The molecule has 0 aromatic heterocycles. The van der Waals surface area contributed by atoms with Crippen molar-refractivity contribution in [2.75, 3.05) is 18.5 Å². The third-order valence-electron chi connectivity index (χ3n) is 4.07. The van der Waals surface area contributed by atoms with Gasteiger partial charge >= 0.3 is 6.03 Å². The third-order valence-corrected chi connectivity index (χ3v) is 4.07. The number of rotatable bonds is 4. The summed E-state index contributed by atoms with van der Waals surface area (Å²) < 4.78 is 0. The maximum absolute atomic E-state index is 12.9. The smallest absolute Gasteiger partial charge is 0.317 e. The average Bonchev–Trinajstić information content (AvgIpc) is 2.78. The number of urea groups is 1. The standard InChI is InChI=1S/C20H20N4O2/c1-3-13-21-20(26)23-18-19(25)24(2)16-12-8-7-11-15(16)17(22-18)14-9-5-4-6-10-14/h3-12,18H,1,13H2,2H3,(H2,21,23,26)/t18-/m0/s1. The quantitative estimate of drug-likeness (QED) is 0.832. The topological polar surface area (TPSA) is 73.8 Å². The van der Waals surface area contributed by atoms with Crippen molar-refractivity contribution in [2.24, 2.45) is 4.99 Å². The van der Waals surface area contributed by atoms with Crippen LogP contribution in [0.4, 0.5) is 10.5 Å². The minimum Gasteiger partial charge on any atom is -0.335 e. The molecule has 0 fully saturated rings. The van der Waals surface area contributed by atoms with E-state index in [1.165, 1.54) is 4.90 Å². The Bertz CT molecular complexity index is 861. The number of amides is 3. The van der Waals surface area contributed by atoms with Crippen LogP contribution in [0.15, 0.2) is 72.2 Å². The Morgan fingerprint density at radius 3 is 2.62 bits per heavy atom. The molecule has 0 saturated carbocycles. The molecule has 2 aromatic carbocycles. The largest absolute Gasteiger partial charge is 0.335 e. The van der Waals surface area contributed by atoms with Gasteiger partial charge in [-0.05, 0) is 6.07 Å². The summed E-state index contributed by atoms with van der Waals surface area (Å²) in [6, 6.07) is 16.7. The van der Waals surface area contributed by atoms with Crippen LogP contribution in [-0.2, 0) is 4.79 Å². The van der Waals surface area contributed by atoms with Crippen LogP contribution in [-0.4, -0.2) is 37.4 Å². The molecule has 0 spiro atoms. The molecule has 2 N–H and O–H groups in total. The van der Waals surface area contributed by atoms with Crippen molar-refractivity contribution in [2.45, 2.75) is 6.17 Å². The molecule has 1 atom stereocenters. The van der Waals surface area contributed by atoms with Crippen LogP contribution in [0.2, 0.25) is 0 Å². The summed E-state index contributed by atoms with van der Waals surface area (Å²) in [6.45, 7) is 3.86. The van der Waals surface area contributed by atoms with E-state index in [0.29, 0.717) is 12.3 Å². The highest BCUT2D eigenvalue weighted by Crippen LogP contribution is 2.26. The molecule has 1 aliphatic rings. The van der Waals surface area contributed by atoms with Crippen LogP contribution >= 0.6 is 0 Å². The minimum atomic E-state index is -1.02. The second-order valence-corrected chi connectivity index (χ2v) is 5.80. The third kappa shape index (κ3) is 3.49. The monoisotopic (exact) mass is 348 g/mol. The Morgan fingerprint density at radius 2 is 1.88 bits per heavy atom. The van der Waals surface area contributed by atoms with E-state index in [0.717, 1.165) is 16.8 Å². The zero-order chi connectivity index (χ0) is 18.5. The summed E-state index contributed by atoms with van der Waals surface area (Å²) in [5.41, 5.74) is 3.12. The van der Waals surface area contributed by atoms with Gasteiger partial charge in [0.15, 0.2) is 0 Å². The Hall–Kier alpha value is -3.41. The highest BCUT2D eigenvalue weighted by molar-refractivity contribution is 6.20. The summed E-state index contributed by atoms with van der Waals surface area (Å²) in [7, 11) is 1.68. The van der Waals surface area contributed by atoms with Gasteiger partial charge in [-0.3, -0.25) is 4.79 Å². The van der Waals surface area contributed by atoms with E-state index >= 15 is 0 Å². The minimum absolute atomic E-state index is 0.304. The van der Waals surface area contributed by atoms with E-state index in [2.05, 4.69) is 22.2 Å². The molecule has 2 aromatic rings. The van der Waals surface area contributed by atoms with E-state index in [1.807, 2.05) is 54.6 Å². The summed E-state index contributed by atoms with van der Waals surface area (Å²) >= 11 is 0. The SMILES string of the molecule is C=CCNC(=O)N[C@@H]1N=C(c2ccccc2)c2ccccc2N(C)C1=O. The lowest BCUT2D eigenvalue weighted by atomic mass is 10.0. The Morgan fingerprint density at radius 1 is 1.19 bits per heavy atom. The van der Waals surface area contributed by atoms with Gasteiger partial charge in [-0.2, -0.15) is 0 Å². The lowest BCUT2D eigenvalue weighted by Crippen LogP contribution is -2.49. The molecule has 0 unspecified atom stereocenters. The second kappa shape index (κ2) is 7.65. The number of carbonyl (C=O) groups is 2. The maximum Gasteiger partial charge on any atom is 0.317 e. The van der Waals surface area contributed by atoms with Crippen LogP contribution in [0.5, 0.6) is 0 Å². The highest BCUT2D eigenvalue weighted by Gasteiger charge is 2.30. The number of nitrogens with zero attached hydrogens (tertiary/aromatic N) is 2. The predicted octanol–water partition coefficient (Wildman–Crippen LogP) is 2.31. The Labute approximate surface area is 152 Å². The molecule has 3 amide bonds. The van der Waals surface area contributed by atoms with Crippen LogP contribution in [0.25, 0.3) is 0 Å². The number of benzodiazepines with no additional fused rings is 1. The van der Waals surface area contributed by atoms with E-state index in [9.17, 15) is 9.59 Å². The maximum atomic E-state index is 12.9. The van der Waals surface area contributed by atoms with Crippen LogP contribution < -0.4 is 15.5 Å². The van der Waals surface area contributed by atoms with Crippen LogP contribution in [0.3, 0.4) is 0 Å². The van der Waals surface area contributed by atoms with Gasteiger partial charge in [0.25, 0.3) is 5.91 Å². The molecule has 1 heterocycles. The van der Waals surface area contributed by atoms with E-state index in [4.69, 9.17) is 0 Å². The fourth-order valence-electron chi connectivity index (χ4n) is 2.78. The molecule has 26 heavy (non-hydrogen) atoms. The molecule has 132 valence electrons. The highest BCUT2D eigenvalue weighted by atomic mass is 16.2. The van der Waals surface area contributed by atoms with Gasteiger partial charge in [-0.15, -0.1) is 6.58 Å². The fourth-order valence-corrected chi connectivity index (χ4v) is 2.78. The van der Waals surface area contributed by atoms with Crippen molar-refractivity contribution in [1.82, 2.24) is 10.6 Å². The van der Waals surface area contributed by atoms with Gasteiger partial charge in [0.05, 0.1) is 11.4 Å². The van der Waals surface area contributed by atoms with Crippen LogP contribution in [0.1, 0.15) is 11.1 Å². The van der Waals surface area contributed by atoms with Crippen molar-refractivity contribution >= 4 is 23.3 Å². The molecule has 0 saturated heterocycles. The van der Waals surface area contributed by atoms with Gasteiger partial charge in [0.1, 0.15) is 0 Å². The molecule has 1 aliphatic heterocycles. The number of likely N-dealkylation sites (N-methyl/N-ethyl adjacent to an activating group) is 1. The summed E-state index contributed by atoms with van der Waals surface area (Å²) in [5.74, 6) is -0.308. The first-order valence-corrected chi connectivity index (χ1v) is 8.27. The number of hydrogen-bond donors (Lipinski definition) is 2. The second-order valence-electron chi connectivity index (χ2n) is 5.80.